The third kappa shape index (κ3) is 7.17. The van der Waals surface area contributed by atoms with Crippen LogP contribution in [0.1, 0.15) is 41.5 Å². The number of amides is 1. The average Bonchev–Trinajstić information content (AvgIpc) is 2.98. The van der Waals surface area contributed by atoms with Crippen molar-refractivity contribution in [2.24, 2.45) is 5.92 Å². The number of fused-ring (bicyclic) bond motifs is 1. The van der Waals surface area contributed by atoms with Gasteiger partial charge in [-0.15, -0.1) is 0 Å². The predicted octanol–water partition coefficient (Wildman–Crippen LogP) is 5.70. The van der Waals surface area contributed by atoms with Crippen LogP contribution in [0.5, 0.6) is 11.5 Å². The molecule has 40 heavy (non-hydrogen) atoms. The first kappa shape index (κ1) is 28.5. The van der Waals surface area contributed by atoms with E-state index in [1.165, 1.54) is 16.7 Å². The van der Waals surface area contributed by atoms with Gasteiger partial charge in [-0.25, -0.2) is 0 Å². The zero-order valence-corrected chi connectivity index (χ0v) is 24.3. The number of rotatable bonds is 10. The maximum absolute atomic E-state index is 12.9. The summed E-state index contributed by atoms with van der Waals surface area (Å²) in [5.41, 5.74) is 5.01. The van der Waals surface area contributed by atoms with Crippen LogP contribution in [0, 0.1) is 5.92 Å². The maximum Gasteiger partial charge on any atom is 0.220 e. The molecule has 0 bridgehead atoms. The van der Waals surface area contributed by atoms with Gasteiger partial charge in [0.15, 0.2) is 11.5 Å². The third-order valence-electron chi connectivity index (χ3n) is 8.36. The Bertz CT molecular complexity index is 1290. The van der Waals surface area contributed by atoms with Crippen molar-refractivity contribution in [2.75, 3.05) is 33.9 Å². The van der Waals surface area contributed by atoms with Crippen LogP contribution >= 0.6 is 11.6 Å². The molecular weight excluding hydrogens is 522 g/mol. The monoisotopic (exact) mass is 561 g/mol. The van der Waals surface area contributed by atoms with E-state index < -0.39 is 0 Å². The molecule has 3 aromatic carbocycles. The van der Waals surface area contributed by atoms with Gasteiger partial charge in [-0.3, -0.25) is 14.6 Å². The van der Waals surface area contributed by atoms with Gasteiger partial charge < -0.3 is 14.8 Å². The molecule has 0 spiro atoms. The zero-order valence-electron chi connectivity index (χ0n) is 23.6. The molecule has 1 fully saturated rings. The average molecular weight is 562 g/mol. The number of likely N-dealkylation sites (tertiary alicyclic amines) is 1. The minimum absolute atomic E-state index is 0.0970. The van der Waals surface area contributed by atoms with Crippen molar-refractivity contribution >= 4 is 17.5 Å². The van der Waals surface area contributed by atoms with E-state index in [0.29, 0.717) is 29.9 Å². The Morgan fingerprint density at radius 1 is 0.950 bits per heavy atom. The van der Waals surface area contributed by atoms with Crippen LogP contribution in [0.15, 0.2) is 66.7 Å². The highest BCUT2D eigenvalue weighted by Gasteiger charge is 2.35. The number of ether oxygens (including phenoxy) is 2. The summed E-state index contributed by atoms with van der Waals surface area (Å²) in [4.78, 5) is 18.1. The second kappa shape index (κ2) is 13.5. The van der Waals surface area contributed by atoms with E-state index in [4.69, 9.17) is 21.1 Å². The molecular formula is C33H40ClN3O3. The smallest absolute Gasteiger partial charge is 0.220 e. The van der Waals surface area contributed by atoms with Crippen molar-refractivity contribution in [3.8, 4) is 11.5 Å². The van der Waals surface area contributed by atoms with Crippen LogP contribution in [0.4, 0.5) is 0 Å². The summed E-state index contributed by atoms with van der Waals surface area (Å²) in [7, 11) is 3.39. The number of nitrogens with one attached hydrogen (secondary N) is 1. The van der Waals surface area contributed by atoms with E-state index in [-0.39, 0.29) is 5.91 Å². The molecule has 0 aliphatic carbocycles. The summed E-state index contributed by atoms with van der Waals surface area (Å²) in [5.74, 6) is 2.09. The van der Waals surface area contributed by atoms with Crippen LogP contribution in [-0.2, 0) is 30.8 Å². The molecule has 2 aliphatic heterocycles. The quantitative estimate of drug-likeness (QED) is 0.344. The standard InChI is InChI=1S/C33H40ClN3O3/c1-39-31-18-26-13-16-37(23-28(26)19-32(31)40-2)30-14-15-36(21-24-7-4-3-5-8-24)22-27(30)11-12-33(38)35-20-25-9-6-10-29(34)17-25/h3-10,17-19,27,30H,11-16,20-23H2,1-2H3,(H,35,38)/t27-,30+/m0/s1. The molecule has 7 heteroatoms. The van der Waals surface area contributed by atoms with Gasteiger partial charge in [-0.2, -0.15) is 0 Å². The van der Waals surface area contributed by atoms with Gasteiger partial charge in [0.1, 0.15) is 0 Å². The topological polar surface area (TPSA) is 54.0 Å². The van der Waals surface area contributed by atoms with Crippen LogP contribution in [0.3, 0.4) is 0 Å². The van der Waals surface area contributed by atoms with Gasteiger partial charge in [0, 0.05) is 50.2 Å². The summed E-state index contributed by atoms with van der Waals surface area (Å²) in [6.07, 6.45) is 3.49. The molecule has 1 amide bonds. The zero-order chi connectivity index (χ0) is 27.9. The van der Waals surface area contributed by atoms with E-state index in [1.807, 2.05) is 24.3 Å². The number of halogens is 1. The predicted molar refractivity (Wildman–Crippen MR) is 160 cm³/mol. The largest absolute Gasteiger partial charge is 0.493 e. The first-order chi connectivity index (χ1) is 19.5. The Labute approximate surface area is 243 Å². The summed E-state index contributed by atoms with van der Waals surface area (Å²) in [6.45, 7) is 5.43. The van der Waals surface area contributed by atoms with Crippen LogP contribution in [-0.4, -0.2) is 55.6 Å². The Hall–Kier alpha value is -3.06. The normalized spacial score (nSPS) is 19.6. The molecule has 0 unspecified atom stereocenters. The molecule has 5 rings (SSSR count). The van der Waals surface area contributed by atoms with Gasteiger partial charge in [0.25, 0.3) is 0 Å². The second-order valence-corrected chi connectivity index (χ2v) is 11.4. The fourth-order valence-electron chi connectivity index (χ4n) is 6.29. The lowest BCUT2D eigenvalue weighted by molar-refractivity contribution is -0.121. The lowest BCUT2D eigenvalue weighted by Crippen LogP contribution is -2.52. The molecule has 2 aliphatic rings. The first-order valence-corrected chi connectivity index (χ1v) is 14.7. The highest BCUT2D eigenvalue weighted by molar-refractivity contribution is 6.30. The number of hydrogen-bond donors (Lipinski definition) is 1. The van der Waals surface area contributed by atoms with Crippen molar-refractivity contribution < 1.29 is 14.3 Å². The van der Waals surface area contributed by atoms with E-state index in [0.717, 1.165) is 69.0 Å². The lowest BCUT2D eigenvalue weighted by atomic mass is 9.85. The van der Waals surface area contributed by atoms with Crippen molar-refractivity contribution in [1.82, 2.24) is 15.1 Å². The molecule has 2 heterocycles. The fraction of sp³-hybridized carbons (Fsp3) is 0.424. The number of carbonyl (C=O) groups is 1. The molecule has 0 saturated carbocycles. The Kier molecular flexibility index (Phi) is 9.63. The number of hydrogen-bond acceptors (Lipinski definition) is 5. The Morgan fingerprint density at radius 2 is 1.70 bits per heavy atom. The number of nitrogens with zero attached hydrogens (tertiary/aromatic N) is 2. The van der Waals surface area contributed by atoms with Crippen molar-refractivity contribution in [2.45, 2.75) is 51.4 Å². The SMILES string of the molecule is COc1cc2c(cc1OC)CN([C@@H]1CCN(Cc3ccccc3)C[C@@H]1CCC(=O)NCc1cccc(Cl)c1)CC2. The highest BCUT2D eigenvalue weighted by atomic mass is 35.5. The number of benzene rings is 3. The van der Waals surface area contributed by atoms with Crippen molar-refractivity contribution in [3.05, 3.63) is 94.0 Å². The molecule has 3 aromatic rings. The van der Waals surface area contributed by atoms with E-state index in [2.05, 4.69) is 57.6 Å². The van der Waals surface area contributed by atoms with Crippen LogP contribution < -0.4 is 14.8 Å². The molecule has 0 radical (unpaired) electrons. The minimum atomic E-state index is 0.0970. The number of piperidine rings is 1. The highest BCUT2D eigenvalue weighted by Crippen LogP contribution is 2.36. The molecule has 212 valence electrons. The first-order valence-electron chi connectivity index (χ1n) is 14.3. The molecule has 1 saturated heterocycles. The van der Waals surface area contributed by atoms with E-state index in [1.54, 1.807) is 14.2 Å². The molecule has 1 N–H and O–H groups in total. The van der Waals surface area contributed by atoms with E-state index >= 15 is 0 Å². The number of methoxy groups -OCH3 is 2. The fourth-order valence-corrected chi connectivity index (χ4v) is 6.50. The second-order valence-electron chi connectivity index (χ2n) is 11.0. The lowest BCUT2D eigenvalue weighted by Gasteiger charge is -2.45. The summed E-state index contributed by atoms with van der Waals surface area (Å²) in [6, 6.07) is 23.1. The third-order valence-corrected chi connectivity index (χ3v) is 8.60. The van der Waals surface area contributed by atoms with Crippen LogP contribution in [0.2, 0.25) is 5.02 Å². The number of carbonyl (C=O) groups excluding carboxylic acids is 1. The van der Waals surface area contributed by atoms with Crippen molar-refractivity contribution in [3.63, 3.8) is 0 Å². The molecule has 6 nitrogen and oxygen atoms in total. The van der Waals surface area contributed by atoms with Gasteiger partial charge >= 0.3 is 0 Å². The molecule has 0 aromatic heterocycles. The summed E-state index contributed by atoms with van der Waals surface area (Å²) in [5, 5.41) is 3.79. The molecule has 2 atom stereocenters. The van der Waals surface area contributed by atoms with Gasteiger partial charge in [-0.05, 0) is 78.2 Å². The van der Waals surface area contributed by atoms with Crippen LogP contribution in [0.25, 0.3) is 0 Å². The summed E-state index contributed by atoms with van der Waals surface area (Å²) < 4.78 is 11.1. The summed E-state index contributed by atoms with van der Waals surface area (Å²) >= 11 is 6.11. The van der Waals surface area contributed by atoms with E-state index in [9.17, 15) is 4.79 Å². The van der Waals surface area contributed by atoms with Gasteiger partial charge in [-0.1, -0.05) is 54.1 Å². The Balaban J connectivity index is 1.26. The van der Waals surface area contributed by atoms with Crippen molar-refractivity contribution in [1.29, 1.82) is 0 Å². The maximum atomic E-state index is 12.9. The Morgan fingerprint density at radius 3 is 2.45 bits per heavy atom. The van der Waals surface area contributed by atoms with Gasteiger partial charge in [0.2, 0.25) is 5.91 Å². The minimum Gasteiger partial charge on any atom is -0.493 e. The van der Waals surface area contributed by atoms with Gasteiger partial charge in [0.05, 0.1) is 14.2 Å².